The van der Waals surface area contributed by atoms with E-state index in [-0.39, 0.29) is 17.9 Å². The predicted octanol–water partition coefficient (Wildman–Crippen LogP) is 5.14. The van der Waals surface area contributed by atoms with Gasteiger partial charge in [-0.25, -0.2) is 0 Å². The summed E-state index contributed by atoms with van der Waals surface area (Å²) >= 11 is 5.97. The molecule has 1 amide bonds. The van der Waals surface area contributed by atoms with Gasteiger partial charge in [-0.05, 0) is 74.2 Å². The van der Waals surface area contributed by atoms with Crippen LogP contribution < -0.4 is 10.1 Å². The number of carbonyl (C=O) groups is 1. The predicted molar refractivity (Wildman–Crippen MR) is 118 cm³/mol. The number of carbonyl (C=O) groups excluding carboxylic acids is 1. The van der Waals surface area contributed by atoms with E-state index in [2.05, 4.69) is 41.4 Å². The van der Waals surface area contributed by atoms with E-state index in [1.165, 1.54) is 5.56 Å². The second kappa shape index (κ2) is 10.1. The number of aryl methyl sites for hydroxylation is 1. The van der Waals surface area contributed by atoms with Crippen molar-refractivity contribution in [1.29, 1.82) is 0 Å². The third-order valence-corrected chi connectivity index (χ3v) is 6.08. The Bertz CT molecular complexity index is 814. The fourth-order valence-corrected chi connectivity index (χ4v) is 4.16. The van der Waals surface area contributed by atoms with Crippen LogP contribution in [0.1, 0.15) is 48.9 Å². The minimum absolute atomic E-state index is 0.0409. The number of nitrogens with zero attached hydrogens (tertiary/aromatic N) is 1. The first-order valence-electron chi connectivity index (χ1n) is 10.4. The van der Waals surface area contributed by atoms with Crippen LogP contribution in [0.5, 0.6) is 5.75 Å². The zero-order valence-electron chi connectivity index (χ0n) is 17.6. The van der Waals surface area contributed by atoms with Crippen LogP contribution in [0, 0.1) is 12.8 Å². The molecular formula is C24H31ClN2O2. The average molecular weight is 415 g/mol. The topological polar surface area (TPSA) is 41.6 Å². The molecule has 0 radical (unpaired) electrons. The highest BCUT2D eigenvalue weighted by Gasteiger charge is 2.26. The van der Waals surface area contributed by atoms with Crippen molar-refractivity contribution >= 4 is 17.5 Å². The van der Waals surface area contributed by atoms with E-state index in [1.54, 1.807) is 7.11 Å². The number of nitrogens with one attached hydrogen (secondary N) is 1. The lowest BCUT2D eigenvalue weighted by atomic mass is 9.94. The molecule has 1 aliphatic heterocycles. The van der Waals surface area contributed by atoms with E-state index in [9.17, 15) is 4.79 Å². The molecule has 0 aromatic heterocycles. The molecule has 29 heavy (non-hydrogen) atoms. The SMILES string of the molecule is CC[C@@H](NC(=O)C1CCN(Cc2ccc(Cl)cc2)CC1)c1ccc(OC)c(C)c1. The molecule has 0 saturated carbocycles. The van der Waals surface area contributed by atoms with Crippen LogP contribution in [-0.4, -0.2) is 31.0 Å². The molecule has 4 nitrogen and oxygen atoms in total. The molecule has 2 aromatic rings. The Hall–Kier alpha value is -2.04. The maximum atomic E-state index is 12.9. The summed E-state index contributed by atoms with van der Waals surface area (Å²) in [4.78, 5) is 15.3. The molecule has 2 aromatic carbocycles. The van der Waals surface area contributed by atoms with Crippen molar-refractivity contribution in [1.82, 2.24) is 10.2 Å². The summed E-state index contributed by atoms with van der Waals surface area (Å²) in [5, 5.41) is 4.04. The van der Waals surface area contributed by atoms with Crippen molar-refractivity contribution in [3.8, 4) is 5.75 Å². The van der Waals surface area contributed by atoms with Crippen molar-refractivity contribution in [2.75, 3.05) is 20.2 Å². The van der Waals surface area contributed by atoms with Gasteiger partial charge < -0.3 is 10.1 Å². The third-order valence-electron chi connectivity index (χ3n) is 5.82. The monoisotopic (exact) mass is 414 g/mol. The summed E-state index contributed by atoms with van der Waals surface area (Å²) in [5.41, 5.74) is 3.49. The van der Waals surface area contributed by atoms with Crippen molar-refractivity contribution in [2.45, 2.75) is 45.7 Å². The summed E-state index contributed by atoms with van der Waals surface area (Å²) in [7, 11) is 1.68. The van der Waals surface area contributed by atoms with Gasteiger partial charge in [0.25, 0.3) is 0 Å². The van der Waals surface area contributed by atoms with E-state index in [0.717, 1.165) is 60.8 Å². The van der Waals surface area contributed by atoms with Crippen molar-refractivity contribution < 1.29 is 9.53 Å². The molecule has 156 valence electrons. The van der Waals surface area contributed by atoms with E-state index >= 15 is 0 Å². The summed E-state index contributed by atoms with van der Waals surface area (Å²) in [6.45, 7) is 6.94. The molecule has 5 heteroatoms. The molecule has 0 unspecified atom stereocenters. The highest BCUT2D eigenvalue weighted by Crippen LogP contribution is 2.26. The Morgan fingerprint density at radius 1 is 1.21 bits per heavy atom. The molecule has 1 fully saturated rings. The lowest BCUT2D eigenvalue weighted by Gasteiger charge is -2.32. The number of hydrogen-bond acceptors (Lipinski definition) is 3. The van der Waals surface area contributed by atoms with Crippen molar-refractivity contribution in [2.24, 2.45) is 5.92 Å². The van der Waals surface area contributed by atoms with E-state index in [0.29, 0.717) is 0 Å². The highest BCUT2D eigenvalue weighted by molar-refractivity contribution is 6.30. The number of piperidine rings is 1. The zero-order chi connectivity index (χ0) is 20.8. The second-order valence-corrected chi connectivity index (χ2v) is 8.31. The highest BCUT2D eigenvalue weighted by atomic mass is 35.5. The lowest BCUT2D eigenvalue weighted by molar-refractivity contribution is -0.127. The first-order chi connectivity index (χ1) is 14.0. The smallest absolute Gasteiger partial charge is 0.223 e. The number of rotatable bonds is 7. The molecule has 1 heterocycles. The molecule has 1 N–H and O–H groups in total. The number of ether oxygens (including phenoxy) is 1. The molecule has 0 spiro atoms. The molecule has 0 bridgehead atoms. The van der Waals surface area contributed by atoms with Gasteiger partial charge in [-0.2, -0.15) is 0 Å². The lowest BCUT2D eigenvalue weighted by Crippen LogP contribution is -2.41. The number of methoxy groups -OCH3 is 1. The van der Waals surface area contributed by atoms with Crippen LogP contribution in [0.3, 0.4) is 0 Å². The van der Waals surface area contributed by atoms with Gasteiger partial charge in [0.1, 0.15) is 5.75 Å². The maximum absolute atomic E-state index is 12.9. The molecular weight excluding hydrogens is 384 g/mol. The molecule has 0 aliphatic carbocycles. The molecule has 1 aliphatic rings. The first kappa shape index (κ1) is 21.7. The van der Waals surface area contributed by atoms with Crippen molar-refractivity contribution in [3.05, 3.63) is 64.2 Å². The number of halogens is 1. The van der Waals surface area contributed by atoms with Crippen molar-refractivity contribution in [3.63, 3.8) is 0 Å². The zero-order valence-corrected chi connectivity index (χ0v) is 18.3. The second-order valence-electron chi connectivity index (χ2n) is 7.88. The van der Waals surface area contributed by atoms with E-state index < -0.39 is 0 Å². The fraction of sp³-hybridized carbons (Fsp3) is 0.458. The summed E-state index contributed by atoms with van der Waals surface area (Å²) < 4.78 is 5.35. The Morgan fingerprint density at radius 2 is 1.90 bits per heavy atom. The number of hydrogen-bond donors (Lipinski definition) is 1. The minimum atomic E-state index is 0.0409. The van der Waals surface area contributed by atoms with Crippen LogP contribution in [0.25, 0.3) is 0 Å². The van der Waals surface area contributed by atoms with Gasteiger partial charge in [0.05, 0.1) is 13.2 Å². The summed E-state index contributed by atoms with van der Waals surface area (Å²) in [5.74, 6) is 1.14. The number of likely N-dealkylation sites (tertiary alicyclic amines) is 1. The molecule has 3 rings (SSSR count). The van der Waals surface area contributed by atoms with Gasteiger partial charge in [-0.15, -0.1) is 0 Å². The number of benzene rings is 2. The van der Waals surface area contributed by atoms with Gasteiger partial charge in [-0.1, -0.05) is 42.8 Å². The van der Waals surface area contributed by atoms with Crippen LogP contribution >= 0.6 is 11.6 Å². The fourth-order valence-electron chi connectivity index (χ4n) is 4.03. The quantitative estimate of drug-likeness (QED) is 0.682. The van der Waals surface area contributed by atoms with E-state index in [4.69, 9.17) is 16.3 Å². The summed E-state index contributed by atoms with van der Waals surface area (Å²) in [6.07, 6.45) is 2.67. The maximum Gasteiger partial charge on any atom is 0.223 e. The molecule has 1 saturated heterocycles. The minimum Gasteiger partial charge on any atom is -0.496 e. The first-order valence-corrected chi connectivity index (χ1v) is 10.8. The Labute approximate surface area is 179 Å². The standard InChI is InChI=1S/C24H31ClN2O2/c1-4-22(20-7-10-23(29-3)17(2)15-20)26-24(28)19-11-13-27(14-12-19)16-18-5-8-21(25)9-6-18/h5-10,15,19,22H,4,11-14,16H2,1-3H3,(H,26,28)/t22-/m1/s1. The Balaban J connectivity index is 1.53. The van der Waals surface area contributed by atoms with Gasteiger partial charge in [0.2, 0.25) is 5.91 Å². The molecule has 1 atom stereocenters. The van der Waals surface area contributed by atoms with Gasteiger partial charge in [-0.3, -0.25) is 9.69 Å². The average Bonchev–Trinajstić information content (AvgIpc) is 2.74. The van der Waals surface area contributed by atoms with Gasteiger partial charge >= 0.3 is 0 Å². The number of amides is 1. The third kappa shape index (κ3) is 5.74. The Kier molecular flexibility index (Phi) is 7.57. The van der Waals surface area contributed by atoms with Crippen LogP contribution in [0.15, 0.2) is 42.5 Å². The normalized spacial score (nSPS) is 16.4. The Morgan fingerprint density at radius 3 is 2.48 bits per heavy atom. The van der Waals surface area contributed by atoms with Crippen LogP contribution in [0.4, 0.5) is 0 Å². The largest absolute Gasteiger partial charge is 0.496 e. The summed E-state index contributed by atoms with van der Waals surface area (Å²) in [6, 6.07) is 14.2. The van der Waals surface area contributed by atoms with Gasteiger partial charge in [0.15, 0.2) is 0 Å². The van der Waals surface area contributed by atoms with Gasteiger partial charge in [0, 0.05) is 17.5 Å². The van der Waals surface area contributed by atoms with Crippen LogP contribution in [-0.2, 0) is 11.3 Å². The van der Waals surface area contributed by atoms with Crippen LogP contribution in [0.2, 0.25) is 5.02 Å². The van der Waals surface area contributed by atoms with E-state index in [1.807, 2.05) is 25.1 Å².